The summed E-state index contributed by atoms with van der Waals surface area (Å²) in [5.41, 5.74) is 1.66. The first-order chi connectivity index (χ1) is 9.15. The average Bonchev–Trinajstić information content (AvgIpc) is 2.46. The number of hydrogen-bond acceptors (Lipinski definition) is 3. The summed E-state index contributed by atoms with van der Waals surface area (Å²) < 4.78 is 0. The van der Waals surface area contributed by atoms with Crippen molar-refractivity contribution in [2.75, 3.05) is 31.1 Å². The maximum Gasteiger partial charge on any atom is 0.0992 e. The van der Waals surface area contributed by atoms with Crippen LogP contribution in [-0.2, 0) is 0 Å². The number of nitrogens with zero attached hydrogens (tertiary/aromatic N) is 3. The molecule has 1 unspecified atom stereocenters. The number of benzene rings is 1. The van der Waals surface area contributed by atoms with Crippen LogP contribution in [0.1, 0.15) is 25.8 Å². The van der Waals surface area contributed by atoms with E-state index in [1.54, 1.807) is 6.07 Å². The van der Waals surface area contributed by atoms with E-state index < -0.39 is 0 Å². The Hall–Kier alpha value is -1.24. The molecule has 1 heterocycles. The molecule has 0 spiro atoms. The molecule has 4 heteroatoms. The van der Waals surface area contributed by atoms with Gasteiger partial charge in [0.15, 0.2) is 0 Å². The van der Waals surface area contributed by atoms with Crippen LogP contribution < -0.4 is 4.90 Å². The lowest BCUT2D eigenvalue weighted by Gasteiger charge is -2.39. The SMILES string of the molecule is CCC(C)N1CCN(c2ccc(C#N)cc2Cl)CC1. The number of hydrogen-bond donors (Lipinski definition) is 0. The topological polar surface area (TPSA) is 30.3 Å². The molecule has 1 aromatic carbocycles. The molecule has 0 radical (unpaired) electrons. The van der Waals surface area contributed by atoms with Gasteiger partial charge in [-0.3, -0.25) is 4.90 Å². The Morgan fingerprint density at radius 3 is 2.53 bits per heavy atom. The number of rotatable bonds is 3. The minimum absolute atomic E-state index is 0.618. The smallest absolute Gasteiger partial charge is 0.0992 e. The Bertz CT molecular complexity index is 473. The van der Waals surface area contributed by atoms with Crippen molar-refractivity contribution in [1.29, 1.82) is 5.26 Å². The predicted octanol–water partition coefficient (Wildman–Crippen LogP) is 3.13. The van der Waals surface area contributed by atoms with E-state index in [-0.39, 0.29) is 0 Å². The second-order valence-electron chi connectivity index (χ2n) is 5.06. The Morgan fingerprint density at radius 1 is 1.32 bits per heavy atom. The van der Waals surface area contributed by atoms with E-state index in [1.165, 1.54) is 6.42 Å². The van der Waals surface area contributed by atoms with Gasteiger partial charge in [0.2, 0.25) is 0 Å². The quantitative estimate of drug-likeness (QED) is 0.850. The summed E-state index contributed by atoms with van der Waals surface area (Å²) in [4.78, 5) is 4.83. The highest BCUT2D eigenvalue weighted by atomic mass is 35.5. The van der Waals surface area contributed by atoms with Crippen LogP contribution in [0.25, 0.3) is 0 Å². The molecule has 102 valence electrons. The summed E-state index contributed by atoms with van der Waals surface area (Å²) in [5, 5.41) is 9.53. The van der Waals surface area contributed by atoms with E-state index in [1.807, 2.05) is 12.1 Å². The molecule has 1 saturated heterocycles. The Morgan fingerprint density at radius 2 is 2.00 bits per heavy atom. The molecule has 0 saturated carbocycles. The first-order valence-electron chi connectivity index (χ1n) is 6.84. The van der Waals surface area contributed by atoms with Crippen molar-refractivity contribution in [3.8, 4) is 6.07 Å². The molecule has 1 fully saturated rings. The summed E-state index contributed by atoms with van der Waals surface area (Å²) in [7, 11) is 0. The van der Waals surface area contributed by atoms with Crippen molar-refractivity contribution < 1.29 is 0 Å². The lowest BCUT2D eigenvalue weighted by atomic mass is 10.1. The summed E-state index contributed by atoms with van der Waals surface area (Å²) >= 11 is 6.26. The molecule has 0 N–H and O–H groups in total. The maximum atomic E-state index is 8.86. The zero-order valence-corrected chi connectivity index (χ0v) is 12.3. The first kappa shape index (κ1) is 14.2. The first-order valence-corrected chi connectivity index (χ1v) is 7.22. The third-order valence-corrected chi connectivity index (χ3v) is 4.25. The van der Waals surface area contributed by atoms with Crippen molar-refractivity contribution >= 4 is 17.3 Å². The maximum absolute atomic E-state index is 8.86. The highest BCUT2D eigenvalue weighted by Gasteiger charge is 2.21. The molecule has 2 rings (SSSR count). The summed E-state index contributed by atoms with van der Waals surface area (Å²) in [6, 6.07) is 8.31. The van der Waals surface area contributed by atoms with E-state index in [0.29, 0.717) is 16.6 Å². The van der Waals surface area contributed by atoms with Gasteiger partial charge in [-0.05, 0) is 31.5 Å². The number of nitriles is 1. The molecule has 0 aliphatic carbocycles. The van der Waals surface area contributed by atoms with Crippen molar-refractivity contribution in [3.05, 3.63) is 28.8 Å². The zero-order valence-electron chi connectivity index (χ0n) is 11.6. The third-order valence-electron chi connectivity index (χ3n) is 3.95. The van der Waals surface area contributed by atoms with Crippen molar-refractivity contribution in [1.82, 2.24) is 4.90 Å². The summed E-state index contributed by atoms with van der Waals surface area (Å²) in [6.07, 6.45) is 1.19. The van der Waals surface area contributed by atoms with Crippen molar-refractivity contribution in [3.63, 3.8) is 0 Å². The fraction of sp³-hybridized carbons (Fsp3) is 0.533. The van der Waals surface area contributed by atoms with Gasteiger partial charge in [0, 0.05) is 32.2 Å². The molecule has 19 heavy (non-hydrogen) atoms. The van der Waals surface area contributed by atoms with Crippen molar-refractivity contribution in [2.45, 2.75) is 26.3 Å². The minimum Gasteiger partial charge on any atom is -0.368 e. The van der Waals surface area contributed by atoms with Crippen LogP contribution >= 0.6 is 11.6 Å². The van der Waals surface area contributed by atoms with Gasteiger partial charge in [-0.25, -0.2) is 0 Å². The monoisotopic (exact) mass is 277 g/mol. The summed E-state index contributed by atoms with van der Waals surface area (Å²) in [6.45, 7) is 8.65. The number of piperazine rings is 1. The van der Waals surface area contributed by atoms with Gasteiger partial charge >= 0.3 is 0 Å². The van der Waals surface area contributed by atoms with Crippen LogP contribution in [0.4, 0.5) is 5.69 Å². The molecule has 1 aliphatic heterocycles. The summed E-state index contributed by atoms with van der Waals surface area (Å²) in [5.74, 6) is 0. The Labute approximate surface area is 120 Å². The van der Waals surface area contributed by atoms with Crippen LogP contribution in [0.2, 0.25) is 5.02 Å². The molecule has 1 aliphatic rings. The second-order valence-corrected chi connectivity index (χ2v) is 5.47. The van der Waals surface area contributed by atoms with E-state index >= 15 is 0 Å². The number of halogens is 1. The van der Waals surface area contributed by atoms with Crippen LogP contribution in [0.15, 0.2) is 18.2 Å². The van der Waals surface area contributed by atoms with Crippen LogP contribution in [0, 0.1) is 11.3 Å². The highest BCUT2D eigenvalue weighted by Crippen LogP contribution is 2.28. The molecule has 1 atom stereocenters. The highest BCUT2D eigenvalue weighted by molar-refractivity contribution is 6.33. The lowest BCUT2D eigenvalue weighted by Crippen LogP contribution is -2.49. The normalized spacial score (nSPS) is 18.1. The van der Waals surface area contributed by atoms with Gasteiger partial charge in [0.25, 0.3) is 0 Å². The van der Waals surface area contributed by atoms with E-state index in [9.17, 15) is 0 Å². The lowest BCUT2D eigenvalue weighted by molar-refractivity contribution is 0.193. The largest absolute Gasteiger partial charge is 0.368 e. The fourth-order valence-electron chi connectivity index (χ4n) is 2.49. The molecular formula is C15H20ClN3. The minimum atomic E-state index is 0.618. The molecule has 3 nitrogen and oxygen atoms in total. The van der Waals surface area contributed by atoms with E-state index in [0.717, 1.165) is 31.9 Å². The van der Waals surface area contributed by atoms with Crippen molar-refractivity contribution in [2.24, 2.45) is 0 Å². The van der Waals surface area contributed by atoms with Gasteiger partial charge in [0.05, 0.1) is 22.3 Å². The van der Waals surface area contributed by atoms with Gasteiger partial charge < -0.3 is 4.90 Å². The molecule has 0 amide bonds. The van der Waals surface area contributed by atoms with Gasteiger partial charge in [0.1, 0.15) is 0 Å². The van der Waals surface area contributed by atoms with Crippen LogP contribution in [0.3, 0.4) is 0 Å². The van der Waals surface area contributed by atoms with Crippen LogP contribution in [-0.4, -0.2) is 37.1 Å². The van der Waals surface area contributed by atoms with Gasteiger partial charge in [-0.1, -0.05) is 18.5 Å². The van der Waals surface area contributed by atoms with E-state index in [4.69, 9.17) is 16.9 Å². The third kappa shape index (κ3) is 3.20. The Kier molecular flexibility index (Phi) is 4.68. The zero-order chi connectivity index (χ0) is 13.8. The average molecular weight is 278 g/mol. The van der Waals surface area contributed by atoms with E-state index in [2.05, 4.69) is 29.7 Å². The standard InChI is InChI=1S/C15H20ClN3/c1-3-12(2)18-6-8-19(9-7-18)15-5-4-13(11-17)10-14(15)16/h4-5,10,12H,3,6-9H2,1-2H3. The second kappa shape index (κ2) is 6.27. The van der Waals surface area contributed by atoms with Gasteiger partial charge in [-0.15, -0.1) is 0 Å². The molecule has 0 aromatic heterocycles. The Balaban J connectivity index is 2.04. The molecular weight excluding hydrogens is 258 g/mol. The molecule has 0 bridgehead atoms. The van der Waals surface area contributed by atoms with Crippen LogP contribution in [0.5, 0.6) is 0 Å². The fourth-order valence-corrected chi connectivity index (χ4v) is 2.79. The van der Waals surface area contributed by atoms with Gasteiger partial charge in [-0.2, -0.15) is 5.26 Å². The molecule has 1 aromatic rings. The number of anilines is 1. The predicted molar refractivity (Wildman–Crippen MR) is 79.7 cm³/mol.